The van der Waals surface area contributed by atoms with E-state index in [1.54, 1.807) is 10.6 Å². The van der Waals surface area contributed by atoms with E-state index < -0.39 is 0 Å². The standard InChI is InChI=1S/C28H53NO3/c1-2-3-4-5-6-7-8-9-10-11-12-13-14-15-16-19-22-26-25-27(31)29(28(26)32)23-20-17-18-21-24-30/h25,30-32H,2-24H2,1H3. The Labute approximate surface area is 198 Å². The van der Waals surface area contributed by atoms with Gasteiger partial charge in [0.15, 0.2) is 11.8 Å². The van der Waals surface area contributed by atoms with Gasteiger partial charge in [0.05, 0.1) is 0 Å². The minimum atomic E-state index is 0.177. The highest BCUT2D eigenvalue weighted by molar-refractivity contribution is 5.35. The quantitative estimate of drug-likeness (QED) is 0.147. The van der Waals surface area contributed by atoms with Gasteiger partial charge >= 0.3 is 0 Å². The van der Waals surface area contributed by atoms with Crippen LogP contribution in [0.25, 0.3) is 0 Å². The average Bonchev–Trinajstić information content (AvgIpc) is 3.06. The fourth-order valence-corrected chi connectivity index (χ4v) is 4.58. The van der Waals surface area contributed by atoms with Gasteiger partial charge in [-0.1, -0.05) is 116 Å². The van der Waals surface area contributed by atoms with Crippen LogP contribution in [0, 0.1) is 0 Å². The van der Waals surface area contributed by atoms with Gasteiger partial charge in [-0.2, -0.15) is 0 Å². The summed E-state index contributed by atoms with van der Waals surface area (Å²) in [7, 11) is 0. The molecule has 0 spiro atoms. The Bertz CT molecular complexity index is 541. The summed E-state index contributed by atoms with van der Waals surface area (Å²) in [5.41, 5.74) is 0.878. The second-order valence-electron chi connectivity index (χ2n) is 9.69. The molecule has 1 rings (SSSR count). The van der Waals surface area contributed by atoms with Crippen molar-refractivity contribution in [1.29, 1.82) is 0 Å². The van der Waals surface area contributed by atoms with E-state index in [9.17, 15) is 10.2 Å². The number of aliphatic hydroxyl groups is 1. The number of unbranched alkanes of at least 4 members (excludes halogenated alkanes) is 18. The molecule has 0 bridgehead atoms. The lowest BCUT2D eigenvalue weighted by atomic mass is 10.0. The number of hydrogen-bond donors (Lipinski definition) is 3. The Hall–Kier alpha value is -1.16. The van der Waals surface area contributed by atoms with E-state index in [1.165, 1.54) is 96.3 Å². The van der Waals surface area contributed by atoms with E-state index >= 15 is 0 Å². The Morgan fingerprint density at radius 1 is 0.594 bits per heavy atom. The van der Waals surface area contributed by atoms with Crippen molar-refractivity contribution in [2.24, 2.45) is 0 Å². The largest absolute Gasteiger partial charge is 0.494 e. The van der Waals surface area contributed by atoms with Gasteiger partial charge in [-0.25, -0.2) is 0 Å². The Balaban J connectivity index is 1.95. The first-order chi connectivity index (χ1) is 15.7. The molecule has 1 aromatic rings. The van der Waals surface area contributed by atoms with Crippen molar-refractivity contribution in [3.63, 3.8) is 0 Å². The summed E-state index contributed by atoms with van der Waals surface area (Å²) in [5.74, 6) is 0.418. The fraction of sp³-hybridized carbons (Fsp3) is 0.857. The number of aromatic nitrogens is 1. The van der Waals surface area contributed by atoms with Crippen LogP contribution >= 0.6 is 0 Å². The summed E-state index contributed by atoms with van der Waals surface area (Å²) in [6, 6.07) is 1.73. The summed E-state index contributed by atoms with van der Waals surface area (Å²) in [4.78, 5) is 0. The Morgan fingerprint density at radius 2 is 1.03 bits per heavy atom. The molecule has 0 aliphatic rings. The number of nitrogens with zero attached hydrogens (tertiary/aromatic N) is 1. The molecule has 1 aromatic heterocycles. The summed E-state index contributed by atoms with van der Waals surface area (Å²) in [5, 5.41) is 29.3. The topological polar surface area (TPSA) is 65.6 Å². The van der Waals surface area contributed by atoms with Crippen LogP contribution in [-0.4, -0.2) is 26.5 Å². The zero-order chi connectivity index (χ0) is 23.3. The van der Waals surface area contributed by atoms with Gasteiger partial charge in [-0.3, -0.25) is 4.57 Å². The van der Waals surface area contributed by atoms with Crippen LogP contribution < -0.4 is 0 Å². The summed E-state index contributed by atoms with van der Waals surface area (Å²) >= 11 is 0. The monoisotopic (exact) mass is 451 g/mol. The van der Waals surface area contributed by atoms with E-state index in [4.69, 9.17) is 5.11 Å². The third kappa shape index (κ3) is 14.1. The zero-order valence-corrected chi connectivity index (χ0v) is 21.1. The molecule has 0 radical (unpaired) electrons. The first-order valence-electron chi connectivity index (χ1n) is 13.9. The third-order valence-corrected chi connectivity index (χ3v) is 6.71. The zero-order valence-electron chi connectivity index (χ0n) is 21.1. The van der Waals surface area contributed by atoms with E-state index in [0.29, 0.717) is 6.54 Å². The van der Waals surface area contributed by atoms with Gasteiger partial charge in [0.25, 0.3) is 0 Å². The molecule has 0 fully saturated rings. The van der Waals surface area contributed by atoms with Gasteiger partial charge in [0.1, 0.15) is 0 Å². The third-order valence-electron chi connectivity index (χ3n) is 6.71. The van der Waals surface area contributed by atoms with Gasteiger partial charge in [0.2, 0.25) is 0 Å². The van der Waals surface area contributed by atoms with E-state index in [1.807, 2.05) is 0 Å². The molecule has 0 amide bonds. The van der Waals surface area contributed by atoms with Gasteiger partial charge < -0.3 is 15.3 Å². The van der Waals surface area contributed by atoms with Crippen LogP contribution in [0.15, 0.2) is 6.07 Å². The molecule has 0 saturated heterocycles. The molecule has 32 heavy (non-hydrogen) atoms. The first kappa shape index (κ1) is 28.9. The smallest absolute Gasteiger partial charge is 0.197 e. The SMILES string of the molecule is CCCCCCCCCCCCCCCCCCc1cc(O)n(CCCCCCO)c1O. The van der Waals surface area contributed by atoms with E-state index in [-0.39, 0.29) is 18.4 Å². The lowest BCUT2D eigenvalue weighted by Gasteiger charge is -2.07. The maximum Gasteiger partial charge on any atom is 0.197 e. The van der Waals surface area contributed by atoms with Gasteiger partial charge in [-0.15, -0.1) is 0 Å². The molecule has 4 nitrogen and oxygen atoms in total. The normalized spacial score (nSPS) is 11.4. The second kappa shape index (κ2) is 20.4. The van der Waals surface area contributed by atoms with Crippen LogP contribution in [0.5, 0.6) is 11.8 Å². The maximum atomic E-state index is 10.4. The van der Waals surface area contributed by atoms with Crippen molar-refractivity contribution >= 4 is 0 Å². The molecule has 0 aliphatic heterocycles. The number of aromatic hydroxyl groups is 2. The molecule has 0 aromatic carbocycles. The molecular weight excluding hydrogens is 398 g/mol. The van der Waals surface area contributed by atoms with Crippen LogP contribution in [0.3, 0.4) is 0 Å². The lowest BCUT2D eigenvalue weighted by molar-refractivity contribution is 0.281. The van der Waals surface area contributed by atoms with Crippen molar-refractivity contribution in [2.75, 3.05) is 6.61 Å². The number of aliphatic hydroxyl groups excluding tert-OH is 1. The highest BCUT2D eigenvalue weighted by Crippen LogP contribution is 2.29. The van der Waals surface area contributed by atoms with Crippen LogP contribution in [-0.2, 0) is 13.0 Å². The molecule has 0 aliphatic carbocycles. The molecule has 1 heterocycles. The Morgan fingerprint density at radius 3 is 1.53 bits per heavy atom. The molecule has 3 N–H and O–H groups in total. The summed E-state index contributed by atoms with van der Waals surface area (Å²) in [6.45, 7) is 3.16. The lowest BCUT2D eigenvalue weighted by Crippen LogP contribution is -1.97. The molecule has 0 unspecified atom stereocenters. The number of hydrogen-bond acceptors (Lipinski definition) is 3. The van der Waals surface area contributed by atoms with Crippen LogP contribution in [0.1, 0.15) is 141 Å². The molecule has 0 saturated carbocycles. The summed E-state index contributed by atoms with van der Waals surface area (Å²) in [6.07, 6.45) is 26.3. The minimum absolute atomic E-state index is 0.177. The number of rotatable bonds is 23. The highest BCUT2D eigenvalue weighted by atomic mass is 16.3. The summed E-state index contributed by atoms with van der Waals surface area (Å²) < 4.78 is 1.63. The van der Waals surface area contributed by atoms with Crippen molar-refractivity contribution < 1.29 is 15.3 Å². The average molecular weight is 452 g/mol. The predicted octanol–water partition coefficient (Wildman–Crippen LogP) is 8.26. The minimum Gasteiger partial charge on any atom is -0.494 e. The highest BCUT2D eigenvalue weighted by Gasteiger charge is 2.13. The van der Waals surface area contributed by atoms with Crippen molar-refractivity contribution in [2.45, 2.75) is 148 Å². The molecular formula is C28H53NO3. The fourth-order valence-electron chi connectivity index (χ4n) is 4.58. The van der Waals surface area contributed by atoms with Crippen LogP contribution in [0.2, 0.25) is 0 Å². The van der Waals surface area contributed by atoms with Gasteiger partial charge in [-0.05, 0) is 25.7 Å². The van der Waals surface area contributed by atoms with Gasteiger partial charge in [0, 0.05) is 24.8 Å². The van der Waals surface area contributed by atoms with Crippen molar-refractivity contribution in [3.8, 4) is 11.8 Å². The molecule has 4 heteroatoms. The van der Waals surface area contributed by atoms with Crippen molar-refractivity contribution in [3.05, 3.63) is 11.6 Å². The maximum absolute atomic E-state index is 10.4. The van der Waals surface area contributed by atoms with E-state index in [2.05, 4.69) is 6.92 Å². The Kier molecular flexibility index (Phi) is 18.4. The molecule has 188 valence electrons. The predicted molar refractivity (Wildman–Crippen MR) is 137 cm³/mol. The van der Waals surface area contributed by atoms with Crippen molar-refractivity contribution in [1.82, 2.24) is 4.57 Å². The van der Waals surface area contributed by atoms with E-state index in [0.717, 1.165) is 44.1 Å². The molecule has 0 atom stereocenters. The second-order valence-corrected chi connectivity index (χ2v) is 9.69. The van der Waals surface area contributed by atoms with Crippen LogP contribution in [0.4, 0.5) is 0 Å². The first-order valence-corrected chi connectivity index (χ1v) is 13.9. The number of aryl methyl sites for hydroxylation is 1.